The van der Waals surface area contributed by atoms with Crippen LogP contribution in [0.3, 0.4) is 0 Å². The van der Waals surface area contributed by atoms with Gasteiger partial charge >= 0.3 is 0 Å². The molecule has 0 fully saturated rings. The summed E-state index contributed by atoms with van der Waals surface area (Å²) in [6.45, 7) is 8.34. The summed E-state index contributed by atoms with van der Waals surface area (Å²) in [7, 11) is 1.97. The lowest BCUT2D eigenvalue weighted by molar-refractivity contribution is 0.471. The third kappa shape index (κ3) is 2.87. The van der Waals surface area contributed by atoms with E-state index in [0.717, 1.165) is 12.1 Å². The molecule has 19 heavy (non-hydrogen) atoms. The van der Waals surface area contributed by atoms with Crippen LogP contribution in [0.15, 0.2) is 24.3 Å². The van der Waals surface area contributed by atoms with Crippen LogP contribution in [0.4, 0.5) is 0 Å². The Morgan fingerprint density at radius 3 is 2.37 bits per heavy atom. The van der Waals surface area contributed by atoms with Gasteiger partial charge in [0.15, 0.2) is 0 Å². The van der Waals surface area contributed by atoms with Crippen molar-refractivity contribution in [3.05, 3.63) is 52.3 Å². The van der Waals surface area contributed by atoms with Crippen LogP contribution in [-0.4, -0.2) is 9.78 Å². The second kappa shape index (κ2) is 4.82. The Labute approximate surface area is 115 Å². The molecular formula is C16H23N3. The summed E-state index contributed by atoms with van der Waals surface area (Å²) in [4.78, 5) is 0. The summed E-state index contributed by atoms with van der Waals surface area (Å²) in [6, 6.07) is 8.57. The van der Waals surface area contributed by atoms with Crippen LogP contribution in [0, 0.1) is 20.8 Å². The fraction of sp³-hybridized carbons (Fsp3) is 0.438. The molecule has 2 rings (SSSR count). The molecule has 2 N–H and O–H groups in total. The highest BCUT2D eigenvalue weighted by Gasteiger charge is 2.23. The zero-order valence-electron chi connectivity index (χ0n) is 12.5. The van der Waals surface area contributed by atoms with E-state index in [1.54, 1.807) is 0 Å². The average Bonchev–Trinajstić information content (AvgIpc) is 2.60. The number of hydrogen-bond donors (Lipinski definition) is 1. The van der Waals surface area contributed by atoms with Crippen LogP contribution in [-0.2, 0) is 19.0 Å². The van der Waals surface area contributed by atoms with E-state index in [-0.39, 0.29) is 5.54 Å². The third-order valence-corrected chi connectivity index (χ3v) is 3.81. The molecule has 0 spiro atoms. The molecule has 0 bridgehead atoms. The monoisotopic (exact) mass is 257 g/mol. The van der Waals surface area contributed by atoms with E-state index < -0.39 is 0 Å². The van der Waals surface area contributed by atoms with Gasteiger partial charge in [-0.3, -0.25) is 4.68 Å². The molecule has 0 aliphatic rings. The molecule has 1 aromatic heterocycles. The SMILES string of the molecule is Cc1cc(CC(C)(N)c2ccc(C)c(C)c2)n(C)n1. The summed E-state index contributed by atoms with van der Waals surface area (Å²) >= 11 is 0. The maximum absolute atomic E-state index is 6.53. The fourth-order valence-electron chi connectivity index (χ4n) is 2.40. The lowest BCUT2D eigenvalue weighted by Crippen LogP contribution is -2.36. The summed E-state index contributed by atoms with van der Waals surface area (Å²) in [5.41, 5.74) is 12.1. The van der Waals surface area contributed by atoms with Gasteiger partial charge < -0.3 is 5.73 Å². The molecule has 0 saturated carbocycles. The van der Waals surface area contributed by atoms with Gasteiger partial charge in [-0.15, -0.1) is 0 Å². The van der Waals surface area contributed by atoms with Crippen molar-refractivity contribution in [2.45, 2.75) is 39.7 Å². The maximum atomic E-state index is 6.53. The molecule has 102 valence electrons. The molecule has 1 aromatic carbocycles. The zero-order chi connectivity index (χ0) is 14.2. The molecule has 2 aromatic rings. The molecule has 1 unspecified atom stereocenters. The minimum atomic E-state index is -0.376. The number of hydrogen-bond acceptors (Lipinski definition) is 2. The predicted molar refractivity (Wildman–Crippen MR) is 79.1 cm³/mol. The van der Waals surface area contributed by atoms with E-state index >= 15 is 0 Å². The Bertz CT molecular complexity index is 594. The van der Waals surface area contributed by atoms with Gasteiger partial charge in [-0.1, -0.05) is 18.2 Å². The van der Waals surface area contributed by atoms with Crippen LogP contribution in [0.5, 0.6) is 0 Å². The highest BCUT2D eigenvalue weighted by Crippen LogP contribution is 2.24. The summed E-state index contributed by atoms with van der Waals surface area (Å²) in [5, 5.41) is 4.38. The van der Waals surface area contributed by atoms with Gasteiger partial charge in [0.2, 0.25) is 0 Å². The quantitative estimate of drug-likeness (QED) is 0.919. The van der Waals surface area contributed by atoms with E-state index in [9.17, 15) is 0 Å². The molecule has 3 heteroatoms. The van der Waals surface area contributed by atoms with Crippen molar-refractivity contribution >= 4 is 0 Å². The number of aromatic nitrogens is 2. The van der Waals surface area contributed by atoms with Gasteiger partial charge in [0, 0.05) is 24.7 Å². The first-order chi connectivity index (χ1) is 8.79. The number of nitrogens with two attached hydrogens (primary N) is 1. The minimum Gasteiger partial charge on any atom is -0.321 e. The molecule has 0 radical (unpaired) electrons. The standard InChI is InChI=1S/C16H23N3/c1-11-6-7-14(8-12(11)2)16(4,17)10-15-9-13(3)18-19(15)5/h6-9H,10,17H2,1-5H3. The number of benzene rings is 1. The topological polar surface area (TPSA) is 43.8 Å². The molecule has 0 amide bonds. The molecule has 3 nitrogen and oxygen atoms in total. The van der Waals surface area contributed by atoms with Gasteiger partial charge in [-0.2, -0.15) is 5.10 Å². The van der Waals surface area contributed by atoms with Gasteiger partial charge in [0.05, 0.1) is 5.69 Å². The minimum absolute atomic E-state index is 0.376. The van der Waals surface area contributed by atoms with Crippen LogP contribution in [0.1, 0.15) is 35.0 Å². The summed E-state index contributed by atoms with van der Waals surface area (Å²) in [6.07, 6.45) is 0.785. The first-order valence-corrected chi connectivity index (χ1v) is 6.66. The van der Waals surface area contributed by atoms with Crippen molar-refractivity contribution < 1.29 is 0 Å². The van der Waals surface area contributed by atoms with Gasteiger partial charge in [-0.25, -0.2) is 0 Å². The van der Waals surface area contributed by atoms with Crippen LogP contribution >= 0.6 is 0 Å². The summed E-state index contributed by atoms with van der Waals surface area (Å²) in [5.74, 6) is 0. The normalized spacial score (nSPS) is 14.4. The van der Waals surface area contributed by atoms with E-state index in [1.165, 1.54) is 22.4 Å². The van der Waals surface area contributed by atoms with Gasteiger partial charge in [0.1, 0.15) is 0 Å². The smallest absolute Gasteiger partial charge is 0.0596 e. The molecule has 0 saturated heterocycles. The summed E-state index contributed by atoms with van der Waals surface area (Å²) < 4.78 is 1.92. The first-order valence-electron chi connectivity index (χ1n) is 6.66. The number of nitrogens with zero attached hydrogens (tertiary/aromatic N) is 2. The van der Waals surface area contributed by atoms with Crippen molar-refractivity contribution in [1.82, 2.24) is 9.78 Å². The number of aryl methyl sites for hydroxylation is 4. The Hall–Kier alpha value is -1.61. The van der Waals surface area contributed by atoms with Crippen molar-refractivity contribution in [2.24, 2.45) is 12.8 Å². The first kappa shape index (κ1) is 13.8. The zero-order valence-corrected chi connectivity index (χ0v) is 12.5. The molecule has 0 aliphatic heterocycles. The average molecular weight is 257 g/mol. The van der Waals surface area contributed by atoms with Crippen molar-refractivity contribution in [1.29, 1.82) is 0 Å². The fourth-order valence-corrected chi connectivity index (χ4v) is 2.40. The lowest BCUT2D eigenvalue weighted by Gasteiger charge is -2.26. The van der Waals surface area contributed by atoms with E-state index in [0.29, 0.717) is 0 Å². The maximum Gasteiger partial charge on any atom is 0.0596 e. The van der Waals surface area contributed by atoms with Crippen molar-refractivity contribution in [2.75, 3.05) is 0 Å². The highest BCUT2D eigenvalue weighted by atomic mass is 15.3. The van der Waals surface area contributed by atoms with Gasteiger partial charge in [0.25, 0.3) is 0 Å². The lowest BCUT2D eigenvalue weighted by atomic mass is 9.86. The van der Waals surface area contributed by atoms with Crippen molar-refractivity contribution in [3.8, 4) is 0 Å². The Morgan fingerprint density at radius 2 is 1.84 bits per heavy atom. The van der Waals surface area contributed by atoms with Crippen molar-refractivity contribution in [3.63, 3.8) is 0 Å². The third-order valence-electron chi connectivity index (χ3n) is 3.81. The van der Waals surface area contributed by atoms with E-state index in [2.05, 4.69) is 50.1 Å². The Kier molecular flexibility index (Phi) is 3.50. The molecule has 1 heterocycles. The second-order valence-electron chi connectivity index (χ2n) is 5.79. The predicted octanol–water partition coefficient (Wildman–Crippen LogP) is 2.76. The Balaban J connectivity index is 2.31. The molecule has 1 atom stereocenters. The molecule has 0 aliphatic carbocycles. The Morgan fingerprint density at radius 1 is 1.16 bits per heavy atom. The van der Waals surface area contributed by atoms with E-state index in [4.69, 9.17) is 5.73 Å². The van der Waals surface area contributed by atoms with Crippen LogP contribution < -0.4 is 5.73 Å². The van der Waals surface area contributed by atoms with Crippen LogP contribution in [0.2, 0.25) is 0 Å². The number of rotatable bonds is 3. The largest absolute Gasteiger partial charge is 0.321 e. The highest BCUT2D eigenvalue weighted by molar-refractivity contribution is 5.34. The second-order valence-corrected chi connectivity index (χ2v) is 5.79. The van der Waals surface area contributed by atoms with Gasteiger partial charge in [-0.05, 0) is 50.5 Å². The van der Waals surface area contributed by atoms with Crippen LogP contribution in [0.25, 0.3) is 0 Å². The molecular weight excluding hydrogens is 234 g/mol. The van der Waals surface area contributed by atoms with E-state index in [1.807, 2.05) is 18.7 Å².